The Morgan fingerprint density at radius 2 is 2.17 bits per heavy atom. The minimum atomic E-state index is -0.322. The Bertz CT molecular complexity index is 606. The van der Waals surface area contributed by atoms with E-state index in [0.717, 1.165) is 45.7 Å². The maximum atomic E-state index is 12.6. The van der Waals surface area contributed by atoms with Gasteiger partial charge in [0, 0.05) is 44.8 Å². The summed E-state index contributed by atoms with van der Waals surface area (Å²) in [5, 5.41) is 0. The lowest BCUT2D eigenvalue weighted by Crippen LogP contribution is -2.44. The van der Waals surface area contributed by atoms with Crippen LogP contribution in [0.3, 0.4) is 0 Å². The summed E-state index contributed by atoms with van der Waals surface area (Å²) in [6, 6.07) is 0. The number of morpholine rings is 1. The molecule has 23 heavy (non-hydrogen) atoms. The highest BCUT2D eigenvalue weighted by Crippen LogP contribution is 2.37. The molecule has 126 valence electrons. The average molecular weight is 320 g/mol. The van der Waals surface area contributed by atoms with Gasteiger partial charge < -0.3 is 14.6 Å². The number of amides is 1. The van der Waals surface area contributed by atoms with Crippen molar-refractivity contribution >= 4 is 5.91 Å². The molecular weight excluding hydrogens is 296 g/mol. The van der Waals surface area contributed by atoms with Crippen LogP contribution in [0.25, 0.3) is 0 Å². The molecule has 7 nitrogen and oxygen atoms in total. The highest BCUT2D eigenvalue weighted by Gasteiger charge is 2.27. The molecule has 0 radical (unpaired) electrons. The van der Waals surface area contributed by atoms with Crippen LogP contribution in [0, 0.1) is 0 Å². The van der Waals surface area contributed by atoms with E-state index in [2.05, 4.69) is 14.9 Å². The number of ether oxygens (including phenoxy) is 1. The Labute approximate surface area is 135 Å². The van der Waals surface area contributed by atoms with E-state index in [-0.39, 0.29) is 17.0 Å². The Morgan fingerprint density at radius 1 is 1.43 bits per heavy atom. The van der Waals surface area contributed by atoms with Crippen molar-refractivity contribution in [1.82, 2.24) is 19.8 Å². The maximum absolute atomic E-state index is 12.6. The number of carbonyl (C=O) groups excluding carboxylic acids is 1. The van der Waals surface area contributed by atoms with Gasteiger partial charge in [0.2, 0.25) is 0 Å². The Kier molecular flexibility index (Phi) is 5.07. The molecule has 0 bridgehead atoms. The molecule has 1 amide bonds. The number of likely N-dealkylation sites (N-methyl/N-ethyl adjacent to an activating group) is 1. The minimum Gasteiger partial charge on any atom is -0.379 e. The van der Waals surface area contributed by atoms with Gasteiger partial charge >= 0.3 is 0 Å². The number of carbonyl (C=O) groups is 1. The topological polar surface area (TPSA) is 78.5 Å². The van der Waals surface area contributed by atoms with E-state index in [0.29, 0.717) is 24.8 Å². The summed E-state index contributed by atoms with van der Waals surface area (Å²) in [7, 11) is 0. The zero-order valence-electron chi connectivity index (χ0n) is 13.6. The molecule has 1 saturated heterocycles. The first kappa shape index (κ1) is 16.1. The van der Waals surface area contributed by atoms with Gasteiger partial charge in [0.05, 0.1) is 13.2 Å². The highest BCUT2D eigenvalue weighted by atomic mass is 16.5. The summed E-state index contributed by atoms with van der Waals surface area (Å²) in [5.41, 5.74) is -0.185. The van der Waals surface area contributed by atoms with Gasteiger partial charge in [-0.15, -0.1) is 0 Å². The number of aromatic nitrogens is 2. The van der Waals surface area contributed by atoms with Crippen molar-refractivity contribution in [3.05, 3.63) is 27.9 Å². The molecule has 1 saturated carbocycles. The fraction of sp³-hybridized carbons (Fsp3) is 0.688. The Morgan fingerprint density at radius 3 is 2.78 bits per heavy atom. The smallest absolute Gasteiger partial charge is 0.263 e. The van der Waals surface area contributed by atoms with Crippen LogP contribution >= 0.6 is 0 Å². The van der Waals surface area contributed by atoms with Gasteiger partial charge in [-0.1, -0.05) is 0 Å². The lowest BCUT2D eigenvalue weighted by Gasteiger charge is -2.29. The average Bonchev–Trinajstić information content (AvgIpc) is 3.41. The van der Waals surface area contributed by atoms with Gasteiger partial charge in [0.1, 0.15) is 11.4 Å². The Balaban J connectivity index is 1.63. The predicted molar refractivity (Wildman–Crippen MR) is 85.7 cm³/mol. The van der Waals surface area contributed by atoms with Gasteiger partial charge in [-0.3, -0.25) is 14.5 Å². The van der Waals surface area contributed by atoms with Crippen LogP contribution in [0.4, 0.5) is 0 Å². The molecule has 2 aliphatic rings. The van der Waals surface area contributed by atoms with Crippen molar-refractivity contribution in [2.45, 2.75) is 25.7 Å². The number of nitrogens with one attached hydrogen (secondary N) is 1. The van der Waals surface area contributed by atoms with E-state index in [1.807, 2.05) is 6.92 Å². The van der Waals surface area contributed by atoms with Crippen molar-refractivity contribution in [1.29, 1.82) is 0 Å². The summed E-state index contributed by atoms with van der Waals surface area (Å²) in [6.07, 6.45) is 3.57. The fourth-order valence-electron chi connectivity index (χ4n) is 2.79. The third-order valence-corrected chi connectivity index (χ3v) is 4.47. The molecular formula is C16H24N4O3. The maximum Gasteiger partial charge on any atom is 0.263 e. The molecule has 2 heterocycles. The van der Waals surface area contributed by atoms with Crippen LogP contribution in [-0.2, 0) is 4.74 Å². The zero-order valence-corrected chi connectivity index (χ0v) is 13.6. The predicted octanol–water partition coefficient (Wildman–Crippen LogP) is 0.442. The fourth-order valence-corrected chi connectivity index (χ4v) is 2.79. The van der Waals surface area contributed by atoms with Crippen LogP contribution < -0.4 is 5.56 Å². The second-order valence-electron chi connectivity index (χ2n) is 6.12. The first-order valence-electron chi connectivity index (χ1n) is 8.37. The molecule has 1 aromatic rings. The molecule has 1 aliphatic carbocycles. The van der Waals surface area contributed by atoms with Crippen molar-refractivity contribution in [3.8, 4) is 0 Å². The zero-order chi connectivity index (χ0) is 16.2. The van der Waals surface area contributed by atoms with E-state index < -0.39 is 0 Å². The van der Waals surface area contributed by atoms with E-state index in [9.17, 15) is 9.59 Å². The molecule has 0 aromatic carbocycles. The summed E-state index contributed by atoms with van der Waals surface area (Å²) >= 11 is 0. The number of nitrogens with zero attached hydrogens (tertiary/aromatic N) is 3. The van der Waals surface area contributed by atoms with Gasteiger partial charge in [-0.25, -0.2) is 4.98 Å². The number of aromatic amines is 1. The highest BCUT2D eigenvalue weighted by molar-refractivity contribution is 5.93. The first-order chi connectivity index (χ1) is 11.2. The molecule has 1 N–H and O–H groups in total. The number of rotatable bonds is 6. The van der Waals surface area contributed by atoms with Crippen molar-refractivity contribution in [3.63, 3.8) is 0 Å². The SMILES string of the molecule is CCN(CCN1CCOCC1)C(=O)c1cnc(C2CC2)[nH]c1=O. The minimum absolute atomic E-state index is 0.137. The van der Waals surface area contributed by atoms with Crippen LogP contribution in [0.2, 0.25) is 0 Å². The quantitative estimate of drug-likeness (QED) is 0.823. The number of hydrogen-bond donors (Lipinski definition) is 1. The lowest BCUT2D eigenvalue weighted by atomic mass is 10.2. The standard InChI is InChI=1S/C16H24N4O3/c1-2-20(6-5-19-7-9-23-10-8-19)16(22)13-11-17-14(12-3-4-12)18-15(13)21/h11-12H,2-10H2,1H3,(H,17,18,21). The second-order valence-corrected chi connectivity index (χ2v) is 6.12. The van der Waals surface area contributed by atoms with Crippen molar-refractivity contribution < 1.29 is 9.53 Å². The third kappa shape index (κ3) is 3.97. The van der Waals surface area contributed by atoms with Gasteiger partial charge in [0.25, 0.3) is 11.5 Å². The molecule has 0 atom stereocenters. The molecule has 0 unspecified atom stereocenters. The molecule has 2 fully saturated rings. The molecule has 1 aliphatic heterocycles. The van der Waals surface area contributed by atoms with E-state index >= 15 is 0 Å². The lowest BCUT2D eigenvalue weighted by molar-refractivity contribution is 0.0328. The molecule has 1 aromatic heterocycles. The van der Waals surface area contributed by atoms with Crippen molar-refractivity contribution in [2.75, 3.05) is 45.9 Å². The van der Waals surface area contributed by atoms with Gasteiger partial charge in [-0.2, -0.15) is 0 Å². The first-order valence-corrected chi connectivity index (χ1v) is 8.37. The molecule has 0 spiro atoms. The molecule has 3 rings (SSSR count). The monoisotopic (exact) mass is 320 g/mol. The van der Waals surface area contributed by atoms with Crippen LogP contribution in [0.1, 0.15) is 41.9 Å². The van der Waals surface area contributed by atoms with Crippen LogP contribution in [-0.4, -0.2) is 71.6 Å². The van der Waals surface area contributed by atoms with Gasteiger partial charge in [-0.05, 0) is 19.8 Å². The molecule has 7 heteroatoms. The summed E-state index contributed by atoms with van der Waals surface area (Å²) in [4.78, 5) is 35.8. The van der Waals surface area contributed by atoms with Gasteiger partial charge in [0.15, 0.2) is 0 Å². The number of hydrogen-bond acceptors (Lipinski definition) is 5. The van der Waals surface area contributed by atoms with Crippen LogP contribution in [0.5, 0.6) is 0 Å². The number of H-pyrrole nitrogens is 1. The second kappa shape index (κ2) is 7.23. The van der Waals surface area contributed by atoms with Crippen LogP contribution in [0.15, 0.2) is 11.0 Å². The largest absolute Gasteiger partial charge is 0.379 e. The summed E-state index contributed by atoms with van der Waals surface area (Å²) in [6.45, 7) is 7.19. The summed E-state index contributed by atoms with van der Waals surface area (Å²) < 4.78 is 5.32. The van der Waals surface area contributed by atoms with Crippen molar-refractivity contribution in [2.24, 2.45) is 0 Å². The van der Waals surface area contributed by atoms with E-state index in [1.54, 1.807) is 4.90 Å². The Hall–Kier alpha value is -1.73. The normalized spacial score (nSPS) is 18.8. The summed E-state index contributed by atoms with van der Waals surface area (Å²) in [5.74, 6) is 0.843. The van der Waals surface area contributed by atoms with E-state index in [1.165, 1.54) is 6.20 Å². The van der Waals surface area contributed by atoms with E-state index in [4.69, 9.17) is 4.74 Å². The third-order valence-electron chi connectivity index (χ3n) is 4.47.